The highest BCUT2D eigenvalue weighted by molar-refractivity contribution is 7.12. The Kier molecular flexibility index (Phi) is 1.43. The molecule has 0 aromatic carbocycles. The molecule has 0 aliphatic carbocycles. The molecule has 0 unspecified atom stereocenters. The van der Waals surface area contributed by atoms with Crippen LogP contribution in [0, 0.1) is 0 Å². The van der Waals surface area contributed by atoms with Crippen molar-refractivity contribution in [2.45, 2.75) is 0 Å². The molecule has 0 radical (unpaired) electrons. The lowest BCUT2D eigenvalue weighted by Crippen LogP contribution is -1.83. The molecule has 0 spiro atoms. The van der Waals surface area contributed by atoms with Crippen LogP contribution in [0.25, 0.3) is 10.6 Å². The smallest absolute Gasteiger partial charge is 0.150 e. The van der Waals surface area contributed by atoms with Crippen LogP contribution in [0.2, 0.25) is 0 Å². The van der Waals surface area contributed by atoms with Gasteiger partial charge in [-0.05, 0) is 0 Å². The van der Waals surface area contributed by atoms with Gasteiger partial charge in [-0.1, -0.05) is 11.3 Å². The van der Waals surface area contributed by atoms with E-state index in [0.717, 1.165) is 10.6 Å². The highest BCUT2D eigenvalue weighted by Crippen LogP contribution is 2.18. The number of nitrogens with zero attached hydrogens (tertiary/aromatic N) is 4. The molecule has 0 aliphatic rings. The van der Waals surface area contributed by atoms with Crippen molar-refractivity contribution < 1.29 is 0 Å². The summed E-state index contributed by atoms with van der Waals surface area (Å²) in [7, 11) is 1.88. The predicted molar refractivity (Wildman–Crippen MR) is 42.1 cm³/mol. The summed E-state index contributed by atoms with van der Waals surface area (Å²) in [4.78, 5) is 0. The molecule has 0 amide bonds. The molecule has 2 aromatic heterocycles. The summed E-state index contributed by atoms with van der Waals surface area (Å²) in [6.45, 7) is 0. The summed E-state index contributed by atoms with van der Waals surface area (Å²) in [5, 5.41) is 12.6. The van der Waals surface area contributed by atoms with Crippen LogP contribution >= 0.6 is 11.3 Å². The average molecular weight is 166 g/mol. The average Bonchev–Trinajstić information content (AvgIpc) is 2.55. The Balaban J connectivity index is 2.45. The fraction of sp³-hybridized carbons (Fsp3) is 0.167. The Hall–Kier alpha value is -1.23. The van der Waals surface area contributed by atoms with Crippen molar-refractivity contribution in [1.82, 2.24) is 20.0 Å². The van der Waals surface area contributed by atoms with E-state index in [2.05, 4.69) is 15.3 Å². The van der Waals surface area contributed by atoms with E-state index in [1.54, 1.807) is 16.4 Å². The van der Waals surface area contributed by atoms with E-state index in [4.69, 9.17) is 0 Å². The first-order chi connectivity index (χ1) is 5.36. The standard InChI is InChI=1S/C6H6N4S/c1-10-3-5(2-8-10)6-9-7-4-11-6/h2-4H,1H3. The molecular weight excluding hydrogens is 160 g/mol. The molecule has 11 heavy (non-hydrogen) atoms. The lowest BCUT2D eigenvalue weighted by atomic mass is 10.4. The molecular formula is C6H6N4S. The van der Waals surface area contributed by atoms with Crippen molar-refractivity contribution in [3.63, 3.8) is 0 Å². The highest BCUT2D eigenvalue weighted by atomic mass is 32.1. The maximum absolute atomic E-state index is 4.03. The first-order valence-electron chi connectivity index (χ1n) is 3.11. The number of hydrogen-bond acceptors (Lipinski definition) is 4. The van der Waals surface area contributed by atoms with Crippen molar-refractivity contribution in [3.8, 4) is 10.6 Å². The van der Waals surface area contributed by atoms with E-state index in [9.17, 15) is 0 Å². The van der Waals surface area contributed by atoms with Crippen LogP contribution in [0.15, 0.2) is 17.9 Å². The fourth-order valence-electron chi connectivity index (χ4n) is 0.831. The van der Waals surface area contributed by atoms with Gasteiger partial charge in [0.25, 0.3) is 0 Å². The summed E-state index contributed by atoms with van der Waals surface area (Å²) in [6.07, 6.45) is 3.70. The zero-order valence-electron chi connectivity index (χ0n) is 5.93. The highest BCUT2D eigenvalue weighted by Gasteiger charge is 2.01. The second-order valence-corrected chi connectivity index (χ2v) is 2.98. The van der Waals surface area contributed by atoms with Crippen molar-refractivity contribution in [1.29, 1.82) is 0 Å². The van der Waals surface area contributed by atoms with E-state index >= 15 is 0 Å². The van der Waals surface area contributed by atoms with Gasteiger partial charge < -0.3 is 0 Å². The van der Waals surface area contributed by atoms with Crippen molar-refractivity contribution >= 4 is 11.3 Å². The lowest BCUT2D eigenvalue weighted by molar-refractivity contribution is 0.768. The van der Waals surface area contributed by atoms with Crippen molar-refractivity contribution in [3.05, 3.63) is 17.9 Å². The maximum atomic E-state index is 4.03. The molecule has 2 heterocycles. The largest absolute Gasteiger partial charge is 0.275 e. The third kappa shape index (κ3) is 1.14. The summed E-state index contributed by atoms with van der Waals surface area (Å²) < 4.78 is 1.75. The van der Waals surface area contributed by atoms with Crippen LogP contribution in [0.5, 0.6) is 0 Å². The number of rotatable bonds is 1. The normalized spacial score (nSPS) is 10.3. The predicted octanol–water partition coefficient (Wildman–Crippen LogP) is 0.939. The van der Waals surface area contributed by atoms with E-state index < -0.39 is 0 Å². The van der Waals surface area contributed by atoms with Gasteiger partial charge >= 0.3 is 0 Å². The maximum Gasteiger partial charge on any atom is 0.150 e. The Labute approximate surface area is 67.5 Å². The molecule has 2 aromatic rings. The van der Waals surface area contributed by atoms with Gasteiger partial charge in [0.1, 0.15) is 5.51 Å². The van der Waals surface area contributed by atoms with E-state index in [1.807, 2.05) is 13.2 Å². The van der Waals surface area contributed by atoms with Gasteiger partial charge in [0.15, 0.2) is 5.01 Å². The number of aryl methyl sites for hydroxylation is 1. The number of aromatic nitrogens is 4. The third-order valence-electron chi connectivity index (χ3n) is 1.31. The van der Waals surface area contributed by atoms with Crippen LogP contribution in [0.1, 0.15) is 0 Å². The summed E-state index contributed by atoms with van der Waals surface area (Å²) >= 11 is 1.51. The Morgan fingerprint density at radius 1 is 1.55 bits per heavy atom. The SMILES string of the molecule is Cn1cc(-c2nncs2)cn1. The summed E-state index contributed by atoms with van der Waals surface area (Å²) in [5.74, 6) is 0. The molecule has 0 fully saturated rings. The van der Waals surface area contributed by atoms with Gasteiger partial charge in [-0.15, -0.1) is 10.2 Å². The lowest BCUT2D eigenvalue weighted by Gasteiger charge is -1.83. The Morgan fingerprint density at radius 2 is 2.45 bits per heavy atom. The summed E-state index contributed by atoms with van der Waals surface area (Å²) in [5.41, 5.74) is 2.73. The van der Waals surface area contributed by atoms with Gasteiger partial charge in [0.2, 0.25) is 0 Å². The first kappa shape index (κ1) is 6.48. The van der Waals surface area contributed by atoms with E-state index in [-0.39, 0.29) is 0 Å². The van der Waals surface area contributed by atoms with E-state index in [1.165, 1.54) is 11.3 Å². The molecule has 0 N–H and O–H groups in total. The second-order valence-electron chi connectivity index (χ2n) is 2.15. The quantitative estimate of drug-likeness (QED) is 0.633. The monoisotopic (exact) mass is 166 g/mol. The minimum atomic E-state index is 0.915. The van der Waals surface area contributed by atoms with E-state index in [0.29, 0.717) is 0 Å². The Bertz CT molecular complexity index is 337. The molecule has 0 saturated carbocycles. The number of hydrogen-bond donors (Lipinski definition) is 0. The topological polar surface area (TPSA) is 43.6 Å². The molecule has 0 bridgehead atoms. The molecule has 0 saturated heterocycles. The van der Waals surface area contributed by atoms with Crippen LogP contribution < -0.4 is 0 Å². The summed E-state index contributed by atoms with van der Waals surface area (Å²) in [6, 6.07) is 0. The van der Waals surface area contributed by atoms with Gasteiger partial charge in [-0.3, -0.25) is 4.68 Å². The molecule has 5 heteroatoms. The van der Waals surface area contributed by atoms with Gasteiger partial charge in [0.05, 0.1) is 11.8 Å². The Morgan fingerprint density at radius 3 is 3.00 bits per heavy atom. The molecule has 0 atom stereocenters. The fourth-order valence-corrected chi connectivity index (χ4v) is 1.36. The second kappa shape index (κ2) is 2.43. The zero-order chi connectivity index (χ0) is 7.68. The van der Waals surface area contributed by atoms with Gasteiger partial charge in [0, 0.05) is 13.2 Å². The van der Waals surface area contributed by atoms with Crippen LogP contribution in [-0.4, -0.2) is 20.0 Å². The van der Waals surface area contributed by atoms with Crippen LogP contribution in [0.3, 0.4) is 0 Å². The van der Waals surface area contributed by atoms with Crippen LogP contribution in [-0.2, 0) is 7.05 Å². The van der Waals surface area contributed by atoms with Gasteiger partial charge in [-0.2, -0.15) is 5.10 Å². The van der Waals surface area contributed by atoms with Crippen LogP contribution in [0.4, 0.5) is 0 Å². The van der Waals surface area contributed by atoms with Gasteiger partial charge in [-0.25, -0.2) is 0 Å². The minimum Gasteiger partial charge on any atom is -0.275 e. The zero-order valence-corrected chi connectivity index (χ0v) is 6.75. The van der Waals surface area contributed by atoms with Crippen molar-refractivity contribution in [2.75, 3.05) is 0 Å². The minimum absolute atomic E-state index is 0.915. The van der Waals surface area contributed by atoms with Crippen molar-refractivity contribution in [2.24, 2.45) is 7.05 Å². The molecule has 4 nitrogen and oxygen atoms in total. The molecule has 0 aliphatic heterocycles. The molecule has 56 valence electrons. The molecule has 2 rings (SSSR count). The first-order valence-corrected chi connectivity index (χ1v) is 3.99. The third-order valence-corrected chi connectivity index (χ3v) is 2.05.